The van der Waals surface area contributed by atoms with Crippen LogP contribution in [0.3, 0.4) is 0 Å². The predicted octanol–water partition coefficient (Wildman–Crippen LogP) is 3.51. The largest absolute Gasteiger partial charge is 0.494 e. The highest BCUT2D eigenvalue weighted by Gasteiger charge is 2.10. The summed E-state index contributed by atoms with van der Waals surface area (Å²) in [6.45, 7) is 0.302. The molecule has 0 aliphatic heterocycles. The molecule has 0 saturated heterocycles. The molecule has 0 aromatic heterocycles. The van der Waals surface area contributed by atoms with Gasteiger partial charge >= 0.3 is 0 Å². The van der Waals surface area contributed by atoms with Crippen molar-refractivity contribution in [1.82, 2.24) is 0 Å². The lowest BCUT2D eigenvalue weighted by atomic mass is 10.2. The van der Waals surface area contributed by atoms with Gasteiger partial charge in [-0.25, -0.2) is 4.39 Å². The van der Waals surface area contributed by atoms with Gasteiger partial charge in [0.25, 0.3) is 0 Å². The van der Waals surface area contributed by atoms with E-state index in [-0.39, 0.29) is 18.1 Å². The molecule has 2 aromatic carbocycles. The Hall–Kier alpha value is -3.27. The van der Waals surface area contributed by atoms with Gasteiger partial charge in [-0.3, -0.25) is 4.79 Å². The van der Waals surface area contributed by atoms with Crippen molar-refractivity contribution in [2.24, 2.45) is 0 Å². The van der Waals surface area contributed by atoms with Gasteiger partial charge in [-0.05, 0) is 30.7 Å². The number of carbonyl (C=O) groups is 1. The van der Waals surface area contributed by atoms with Crippen molar-refractivity contribution >= 4 is 11.6 Å². The van der Waals surface area contributed by atoms with Crippen molar-refractivity contribution in [2.45, 2.75) is 12.8 Å². The fourth-order valence-electron chi connectivity index (χ4n) is 2.25. The van der Waals surface area contributed by atoms with Crippen LogP contribution in [0.2, 0.25) is 0 Å². The summed E-state index contributed by atoms with van der Waals surface area (Å²) in [7, 11) is 2.90. The summed E-state index contributed by atoms with van der Waals surface area (Å²) in [5, 5.41) is 11.6. The average molecular weight is 358 g/mol. The number of anilines is 1. The number of halogens is 1. The van der Waals surface area contributed by atoms with Crippen LogP contribution in [0.1, 0.15) is 18.4 Å². The van der Waals surface area contributed by atoms with Crippen LogP contribution in [0, 0.1) is 17.1 Å². The van der Waals surface area contributed by atoms with Crippen molar-refractivity contribution in [2.75, 3.05) is 26.1 Å². The fraction of sp³-hybridized carbons (Fsp3) is 0.263. The number of methoxy groups -OCH3 is 2. The van der Waals surface area contributed by atoms with E-state index in [9.17, 15) is 9.18 Å². The maximum atomic E-state index is 13.2. The Morgan fingerprint density at radius 3 is 2.58 bits per heavy atom. The molecule has 0 unspecified atom stereocenters. The van der Waals surface area contributed by atoms with Crippen molar-refractivity contribution < 1.29 is 23.4 Å². The summed E-state index contributed by atoms with van der Waals surface area (Å²) in [6, 6.07) is 10.8. The molecule has 0 atom stereocenters. The van der Waals surface area contributed by atoms with Crippen molar-refractivity contribution in [3.05, 3.63) is 47.8 Å². The van der Waals surface area contributed by atoms with Gasteiger partial charge in [0.1, 0.15) is 11.6 Å². The maximum Gasteiger partial charge on any atom is 0.224 e. The minimum atomic E-state index is -0.440. The second-order valence-corrected chi connectivity index (χ2v) is 5.32. The van der Waals surface area contributed by atoms with E-state index in [1.165, 1.54) is 32.4 Å². The third-order valence-corrected chi connectivity index (χ3v) is 3.54. The third-order valence-electron chi connectivity index (χ3n) is 3.54. The molecule has 0 fully saturated rings. The number of hydrogen-bond acceptors (Lipinski definition) is 5. The zero-order valence-electron chi connectivity index (χ0n) is 14.5. The number of carbonyl (C=O) groups excluding carboxylic acids is 1. The molecule has 0 radical (unpaired) electrons. The monoisotopic (exact) mass is 358 g/mol. The number of rotatable bonds is 8. The van der Waals surface area contributed by atoms with E-state index in [1.807, 2.05) is 6.07 Å². The molecule has 2 rings (SSSR count). The van der Waals surface area contributed by atoms with Gasteiger partial charge < -0.3 is 19.5 Å². The topological polar surface area (TPSA) is 80.6 Å². The van der Waals surface area contributed by atoms with Gasteiger partial charge in [0.15, 0.2) is 11.5 Å². The van der Waals surface area contributed by atoms with E-state index in [0.717, 1.165) is 0 Å². The molecule has 1 N–H and O–H groups in total. The van der Waals surface area contributed by atoms with Crippen molar-refractivity contribution in [1.29, 1.82) is 5.26 Å². The Bertz CT molecular complexity index is 818. The molecule has 0 aliphatic rings. The molecule has 6 nitrogen and oxygen atoms in total. The van der Waals surface area contributed by atoms with Gasteiger partial charge in [-0.2, -0.15) is 5.26 Å². The fourth-order valence-corrected chi connectivity index (χ4v) is 2.25. The number of benzene rings is 2. The second kappa shape index (κ2) is 9.28. The summed E-state index contributed by atoms with van der Waals surface area (Å²) >= 11 is 0. The van der Waals surface area contributed by atoms with Gasteiger partial charge in [-0.15, -0.1) is 0 Å². The minimum Gasteiger partial charge on any atom is -0.494 e. The van der Waals surface area contributed by atoms with Crippen molar-refractivity contribution in [3.8, 4) is 23.3 Å². The molecular weight excluding hydrogens is 339 g/mol. The molecule has 0 heterocycles. The summed E-state index contributed by atoms with van der Waals surface area (Å²) < 4.78 is 29.0. The predicted molar refractivity (Wildman–Crippen MR) is 94.0 cm³/mol. The van der Waals surface area contributed by atoms with E-state index < -0.39 is 5.82 Å². The third kappa shape index (κ3) is 5.11. The number of amides is 1. The summed E-state index contributed by atoms with van der Waals surface area (Å²) in [5.41, 5.74) is 0.885. The Balaban J connectivity index is 1.83. The van der Waals surface area contributed by atoms with Crippen LogP contribution in [0.25, 0.3) is 0 Å². The Morgan fingerprint density at radius 2 is 1.88 bits per heavy atom. The first-order valence-electron chi connectivity index (χ1n) is 7.91. The number of hydrogen-bond donors (Lipinski definition) is 1. The normalized spacial score (nSPS) is 9.92. The van der Waals surface area contributed by atoms with Crippen LogP contribution in [0.5, 0.6) is 17.2 Å². The molecule has 136 valence electrons. The van der Waals surface area contributed by atoms with E-state index in [4.69, 9.17) is 19.5 Å². The molecule has 26 heavy (non-hydrogen) atoms. The molecule has 0 bridgehead atoms. The van der Waals surface area contributed by atoms with Crippen molar-refractivity contribution in [3.63, 3.8) is 0 Å². The van der Waals surface area contributed by atoms with E-state index in [0.29, 0.717) is 35.8 Å². The van der Waals surface area contributed by atoms with Crippen LogP contribution in [-0.2, 0) is 4.79 Å². The lowest BCUT2D eigenvalue weighted by Gasteiger charge is -2.12. The van der Waals surface area contributed by atoms with Crippen LogP contribution < -0.4 is 19.5 Å². The summed E-state index contributed by atoms with van der Waals surface area (Å²) in [6.07, 6.45) is 0.692. The quantitative estimate of drug-likeness (QED) is 0.731. The smallest absolute Gasteiger partial charge is 0.224 e. The first kappa shape index (κ1) is 19.1. The van der Waals surface area contributed by atoms with E-state index in [2.05, 4.69) is 5.32 Å². The molecular formula is C19H19FN2O4. The highest BCUT2D eigenvalue weighted by Crippen LogP contribution is 2.28. The van der Waals surface area contributed by atoms with E-state index in [1.54, 1.807) is 18.2 Å². The zero-order chi connectivity index (χ0) is 18.9. The molecule has 2 aromatic rings. The highest BCUT2D eigenvalue weighted by atomic mass is 19.1. The van der Waals surface area contributed by atoms with Gasteiger partial charge in [-0.1, -0.05) is 0 Å². The molecule has 0 aliphatic carbocycles. The summed E-state index contributed by atoms with van der Waals surface area (Å²) in [5.74, 6) is 0.559. The molecule has 1 amide bonds. The number of ether oxygens (including phenoxy) is 3. The minimum absolute atomic E-state index is 0.221. The molecule has 0 spiro atoms. The first-order chi connectivity index (χ1) is 12.6. The molecule has 0 saturated carbocycles. The average Bonchev–Trinajstić information content (AvgIpc) is 2.66. The van der Waals surface area contributed by atoms with Crippen LogP contribution >= 0.6 is 0 Å². The zero-order valence-corrected chi connectivity index (χ0v) is 14.5. The maximum absolute atomic E-state index is 13.2. The van der Waals surface area contributed by atoms with Crippen LogP contribution in [0.4, 0.5) is 10.1 Å². The first-order valence-corrected chi connectivity index (χ1v) is 7.91. The standard InChI is InChI=1S/C19H19FN2O4/c1-24-17-11-14(20)6-7-15(17)22-19(23)4-3-9-26-16-8-5-13(12-21)10-18(16)25-2/h5-8,10-11H,3-4,9H2,1-2H3,(H,22,23). The number of nitrogens with zero attached hydrogens (tertiary/aromatic N) is 1. The Labute approximate surface area is 151 Å². The molecule has 7 heteroatoms. The highest BCUT2D eigenvalue weighted by molar-refractivity contribution is 5.92. The van der Waals surface area contributed by atoms with Crippen LogP contribution in [-0.4, -0.2) is 26.7 Å². The van der Waals surface area contributed by atoms with E-state index >= 15 is 0 Å². The summed E-state index contributed by atoms with van der Waals surface area (Å²) in [4.78, 5) is 12.0. The Kier molecular flexibility index (Phi) is 6.80. The lowest BCUT2D eigenvalue weighted by Crippen LogP contribution is -2.13. The van der Waals surface area contributed by atoms with Gasteiger partial charge in [0.05, 0.1) is 38.1 Å². The number of nitriles is 1. The SMILES string of the molecule is COc1cc(F)ccc1NC(=O)CCCOc1ccc(C#N)cc1OC. The lowest BCUT2D eigenvalue weighted by molar-refractivity contribution is -0.116. The van der Waals surface area contributed by atoms with Gasteiger partial charge in [0.2, 0.25) is 5.91 Å². The van der Waals surface area contributed by atoms with Gasteiger partial charge in [0, 0.05) is 18.6 Å². The number of nitrogens with one attached hydrogen (secondary N) is 1. The Morgan fingerprint density at radius 1 is 1.12 bits per heavy atom. The second-order valence-electron chi connectivity index (χ2n) is 5.32. The van der Waals surface area contributed by atoms with Crippen LogP contribution in [0.15, 0.2) is 36.4 Å².